The summed E-state index contributed by atoms with van der Waals surface area (Å²) in [6.07, 6.45) is 4.31. The lowest BCUT2D eigenvalue weighted by atomic mass is 9.98. The Labute approximate surface area is 166 Å². The van der Waals surface area contributed by atoms with Gasteiger partial charge in [0, 0.05) is 19.3 Å². The first kappa shape index (κ1) is 19.9. The van der Waals surface area contributed by atoms with Crippen molar-refractivity contribution in [3.05, 3.63) is 59.8 Å². The second-order valence-corrected chi connectivity index (χ2v) is 8.73. The number of benzene rings is 1. The number of pyridine rings is 1. The highest BCUT2D eigenvalue weighted by Gasteiger charge is 2.18. The molecule has 1 aliphatic rings. The summed E-state index contributed by atoms with van der Waals surface area (Å²) in [7, 11) is 0. The standard InChI is InChI=1S/C22H29N3OS/c1-17-10-13-25(14-11-17)16-20-8-4-3-7-19(20)15-24-22(26)18(2)27-21-9-5-6-12-23-21/h3-9,12,17-18H,10-11,13-16H2,1-2H3,(H,24,26). The van der Waals surface area contributed by atoms with E-state index in [4.69, 9.17) is 0 Å². The average Bonchev–Trinajstić information content (AvgIpc) is 2.69. The topological polar surface area (TPSA) is 45.2 Å². The number of nitrogens with zero attached hydrogens (tertiary/aromatic N) is 2. The molecule has 1 N–H and O–H groups in total. The summed E-state index contributed by atoms with van der Waals surface area (Å²) in [5.74, 6) is 0.890. The molecule has 1 aromatic carbocycles. The molecular formula is C22H29N3OS. The fourth-order valence-electron chi connectivity index (χ4n) is 3.32. The van der Waals surface area contributed by atoms with Gasteiger partial charge in [-0.2, -0.15) is 0 Å². The van der Waals surface area contributed by atoms with Crippen LogP contribution in [0, 0.1) is 5.92 Å². The summed E-state index contributed by atoms with van der Waals surface area (Å²) < 4.78 is 0. The molecule has 27 heavy (non-hydrogen) atoms. The van der Waals surface area contributed by atoms with Crippen molar-refractivity contribution in [2.45, 2.75) is 50.1 Å². The van der Waals surface area contributed by atoms with Gasteiger partial charge in [0.15, 0.2) is 0 Å². The van der Waals surface area contributed by atoms with Crippen molar-refractivity contribution in [1.82, 2.24) is 15.2 Å². The van der Waals surface area contributed by atoms with Crippen LogP contribution in [-0.2, 0) is 17.9 Å². The highest BCUT2D eigenvalue weighted by atomic mass is 32.2. The number of likely N-dealkylation sites (tertiary alicyclic amines) is 1. The summed E-state index contributed by atoms with van der Waals surface area (Å²) >= 11 is 1.49. The minimum absolute atomic E-state index is 0.0484. The van der Waals surface area contributed by atoms with Gasteiger partial charge in [-0.1, -0.05) is 49.0 Å². The van der Waals surface area contributed by atoms with E-state index in [0.29, 0.717) is 6.54 Å². The number of carbonyl (C=O) groups excluding carboxylic acids is 1. The van der Waals surface area contributed by atoms with Crippen molar-refractivity contribution < 1.29 is 4.79 Å². The van der Waals surface area contributed by atoms with Gasteiger partial charge >= 0.3 is 0 Å². The Hall–Kier alpha value is -1.85. The van der Waals surface area contributed by atoms with E-state index in [1.54, 1.807) is 6.20 Å². The van der Waals surface area contributed by atoms with Crippen LogP contribution in [0.25, 0.3) is 0 Å². The summed E-state index contributed by atoms with van der Waals surface area (Å²) in [4.78, 5) is 19.3. The number of hydrogen-bond donors (Lipinski definition) is 1. The smallest absolute Gasteiger partial charge is 0.233 e. The minimum Gasteiger partial charge on any atom is -0.351 e. The van der Waals surface area contributed by atoms with E-state index < -0.39 is 0 Å². The molecule has 1 saturated heterocycles. The maximum atomic E-state index is 12.5. The van der Waals surface area contributed by atoms with Crippen LogP contribution >= 0.6 is 11.8 Å². The summed E-state index contributed by atoms with van der Waals surface area (Å²) in [5, 5.41) is 3.80. The number of rotatable bonds is 7. The number of piperidine rings is 1. The van der Waals surface area contributed by atoms with Crippen LogP contribution in [0.15, 0.2) is 53.7 Å². The van der Waals surface area contributed by atoms with Crippen LogP contribution < -0.4 is 5.32 Å². The Balaban J connectivity index is 1.53. The molecule has 5 heteroatoms. The van der Waals surface area contributed by atoms with Gasteiger partial charge in [0.1, 0.15) is 0 Å². The first-order valence-corrected chi connectivity index (χ1v) is 10.6. The SMILES string of the molecule is CC1CCN(Cc2ccccc2CNC(=O)C(C)Sc2ccccn2)CC1. The Kier molecular flexibility index (Phi) is 7.30. The van der Waals surface area contributed by atoms with E-state index in [2.05, 4.69) is 46.4 Å². The van der Waals surface area contributed by atoms with Crippen molar-refractivity contribution >= 4 is 17.7 Å². The summed E-state index contributed by atoms with van der Waals surface area (Å²) in [6.45, 7) is 8.14. The monoisotopic (exact) mass is 383 g/mol. The molecule has 0 bridgehead atoms. The molecule has 0 radical (unpaired) electrons. The molecule has 0 spiro atoms. The number of hydrogen-bond acceptors (Lipinski definition) is 4. The fraction of sp³-hybridized carbons (Fsp3) is 0.455. The highest BCUT2D eigenvalue weighted by molar-refractivity contribution is 8.00. The molecule has 1 aliphatic heterocycles. The Bertz CT molecular complexity index is 729. The fourth-order valence-corrected chi connectivity index (χ4v) is 4.15. The molecule has 2 heterocycles. The predicted molar refractivity (Wildman–Crippen MR) is 112 cm³/mol. The van der Waals surface area contributed by atoms with E-state index in [9.17, 15) is 4.79 Å². The van der Waals surface area contributed by atoms with Crippen molar-refractivity contribution in [2.24, 2.45) is 5.92 Å². The summed E-state index contributed by atoms with van der Waals surface area (Å²) in [5.41, 5.74) is 2.52. The Morgan fingerprint density at radius 1 is 1.19 bits per heavy atom. The number of thioether (sulfide) groups is 1. The second kappa shape index (κ2) is 9.90. The Morgan fingerprint density at radius 3 is 2.59 bits per heavy atom. The van der Waals surface area contributed by atoms with E-state index in [-0.39, 0.29) is 11.2 Å². The maximum absolute atomic E-state index is 12.5. The number of aromatic nitrogens is 1. The largest absolute Gasteiger partial charge is 0.351 e. The quantitative estimate of drug-likeness (QED) is 0.731. The molecule has 1 atom stereocenters. The molecule has 4 nitrogen and oxygen atoms in total. The second-order valence-electron chi connectivity index (χ2n) is 7.37. The van der Waals surface area contributed by atoms with Crippen LogP contribution in [0.1, 0.15) is 37.8 Å². The zero-order chi connectivity index (χ0) is 19.1. The molecule has 0 aliphatic carbocycles. The minimum atomic E-state index is -0.171. The third-order valence-electron chi connectivity index (χ3n) is 5.15. The summed E-state index contributed by atoms with van der Waals surface area (Å²) in [6, 6.07) is 14.2. The maximum Gasteiger partial charge on any atom is 0.233 e. The van der Waals surface area contributed by atoms with Crippen LogP contribution in [0.3, 0.4) is 0 Å². The molecule has 3 rings (SSSR count). The number of nitrogens with one attached hydrogen (secondary N) is 1. The van der Waals surface area contributed by atoms with Gasteiger partial charge in [0.2, 0.25) is 5.91 Å². The lowest BCUT2D eigenvalue weighted by Crippen LogP contribution is -2.33. The predicted octanol–water partition coefficient (Wildman–Crippen LogP) is 4.11. The van der Waals surface area contributed by atoms with Gasteiger partial charge in [-0.15, -0.1) is 0 Å². The lowest BCUT2D eigenvalue weighted by Gasteiger charge is -2.30. The Morgan fingerprint density at radius 2 is 1.89 bits per heavy atom. The van der Waals surface area contributed by atoms with Gasteiger partial charge < -0.3 is 5.32 Å². The van der Waals surface area contributed by atoms with Gasteiger partial charge in [-0.3, -0.25) is 9.69 Å². The van der Waals surface area contributed by atoms with Crippen LogP contribution in [0.2, 0.25) is 0 Å². The molecule has 1 unspecified atom stereocenters. The van der Waals surface area contributed by atoms with Gasteiger partial charge in [0.05, 0.1) is 10.3 Å². The molecule has 1 fully saturated rings. The van der Waals surface area contributed by atoms with Crippen molar-refractivity contribution in [2.75, 3.05) is 13.1 Å². The molecule has 1 amide bonds. The zero-order valence-electron chi connectivity index (χ0n) is 16.2. The number of amides is 1. The van der Waals surface area contributed by atoms with Gasteiger partial charge in [0.25, 0.3) is 0 Å². The molecule has 0 saturated carbocycles. The van der Waals surface area contributed by atoms with Crippen molar-refractivity contribution in [1.29, 1.82) is 0 Å². The average molecular weight is 384 g/mol. The molecule has 144 valence electrons. The molecule has 1 aromatic heterocycles. The third kappa shape index (κ3) is 6.08. The van der Waals surface area contributed by atoms with Crippen LogP contribution in [-0.4, -0.2) is 34.1 Å². The molecule has 2 aromatic rings. The number of carbonyl (C=O) groups is 1. The molecular weight excluding hydrogens is 354 g/mol. The van der Waals surface area contributed by atoms with Crippen LogP contribution in [0.5, 0.6) is 0 Å². The van der Waals surface area contributed by atoms with Crippen LogP contribution in [0.4, 0.5) is 0 Å². The van der Waals surface area contributed by atoms with Crippen molar-refractivity contribution in [3.8, 4) is 0 Å². The van der Waals surface area contributed by atoms with Gasteiger partial charge in [-0.25, -0.2) is 4.98 Å². The van der Waals surface area contributed by atoms with Gasteiger partial charge in [-0.05, 0) is 62.0 Å². The third-order valence-corrected chi connectivity index (χ3v) is 6.20. The lowest BCUT2D eigenvalue weighted by molar-refractivity contribution is -0.120. The van der Waals surface area contributed by atoms with E-state index >= 15 is 0 Å². The van der Waals surface area contributed by atoms with E-state index in [0.717, 1.165) is 17.5 Å². The first-order valence-electron chi connectivity index (χ1n) is 9.76. The van der Waals surface area contributed by atoms with Crippen molar-refractivity contribution in [3.63, 3.8) is 0 Å². The first-order chi connectivity index (χ1) is 13.1. The van der Waals surface area contributed by atoms with E-state index in [1.807, 2.05) is 25.1 Å². The normalized spacial score (nSPS) is 16.8. The zero-order valence-corrected chi connectivity index (χ0v) is 17.0. The highest BCUT2D eigenvalue weighted by Crippen LogP contribution is 2.21. The van der Waals surface area contributed by atoms with E-state index in [1.165, 1.54) is 48.8 Å².